The van der Waals surface area contributed by atoms with E-state index in [2.05, 4.69) is 10.3 Å². The van der Waals surface area contributed by atoms with E-state index in [-0.39, 0.29) is 0 Å². The Morgan fingerprint density at radius 2 is 1.73 bits per heavy atom. The van der Waals surface area contributed by atoms with E-state index in [0.717, 1.165) is 33.3 Å². The molecule has 0 unspecified atom stereocenters. The van der Waals surface area contributed by atoms with Crippen LogP contribution in [0.5, 0.6) is 5.75 Å². The average molecular weight is 400 g/mol. The maximum absolute atomic E-state index is 11.8. The van der Waals surface area contributed by atoms with Gasteiger partial charge in [0.2, 0.25) is 0 Å². The van der Waals surface area contributed by atoms with Crippen molar-refractivity contribution in [3.63, 3.8) is 0 Å². The Hall–Kier alpha value is -3.57. The van der Waals surface area contributed by atoms with Crippen LogP contribution in [-0.4, -0.2) is 22.1 Å². The van der Waals surface area contributed by atoms with E-state index >= 15 is 0 Å². The zero-order chi connectivity index (χ0) is 20.8. The van der Waals surface area contributed by atoms with E-state index in [1.807, 2.05) is 85.1 Å². The molecule has 30 heavy (non-hydrogen) atoms. The van der Waals surface area contributed by atoms with Crippen LogP contribution in [0.1, 0.15) is 16.7 Å². The molecule has 4 aromatic rings. The predicted octanol–water partition coefficient (Wildman–Crippen LogP) is 4.53. The molecule has 1 atom stereocenters. The highest BCUT2D eigenvalue weighted by Crippen LogP contribution is 2.20. The normalized spacial score (nSPS) is 12.0. The maximum Gasteiger partial charge on any atom is 0.321 e. The molecule has 1 aromatic heterocycles. The Kier molecular flexibility index (Phi) is 6.11. The van der Waals surface area contributed by atoms with E-state index in [9.17, 15) is 9.90 Å². The number of hydrogen-bond acceptors (Lipinski definition) is 3. The van der Waals surface area contributed by atoms with Crippen molar-refractivity contribution in [1.82, 2.24) is 10.3 Å². The summed E-state index contributed by atoms with van der Waals surface area (Å²) < 4.78 is 5.87. The van der Waals surface area contributed by atoms with Crippen molar-refractivity contribution < 1.29 is 14.6 Å². The molecular formula is C25H24N2O3. The highest BCUT2D eigenvalue weighted by molar-refractivity contribution is 5.84. The molecule has 3 aromatic carbocycles. The first-order valence-corrected chi connectivity index (χ1v) is 9.96. The molecule has 0 fully saturated rings. The van der Waals surface area contributed by atoms with Gasteiger partial charge < -0.3 is 20.1 Å². The summed E-state index contributed by atoms with van der Waals surface area (Å²) in [6.07, 6.45) is 2.30. The summed E-state index contributed by atoms with van der Waals surface area (Å²) in [5.41, 5.74) is 4.08. The number of aromatic amines is 1. The Bertz CT molecular complexity index is 1120. The van der Waals surface area contributed by atoms with Crippen LogP contribution in [0.3, 0.4) is 0 Å². The number of benzene rings is 3. The second kappa shape index (κ2) is 9.29. The van der Waals surface area contributed by atoms with Gasteiger partial charge in [-0.15, -0.1) is 0 Å². The Morgan fingerprint density at radius 3 is 2.57 bits per heavy atom. The van der Waals surface area contributed by atoms with Gasteiger partial charge in [-0.1, -0.05) is 60.7 Å². The van der Waals surface area contributed by atoms with Crippen LogP contribution in [-0.2, 0) is 24.4 Å². The fourth-order valence-corrected chi connectivity index (χ4v) is 3.49. The lowest BCUT2D eigenvalue weighted by Crippen LogP contribution is -2.38. The van der Waals surface area contributed by atoms with Crippen molar-refractivity contribution in [1.29, 1.82) is 0 Å². The van der Waals surface area contributed by atoms with E-state index < -0.39 is 12.0 Å². The molecule has 0 aliphatic carbocycles. The molecule has 0 bridgehead atoms. The highest BCUT2D eigenvalue weighted by Gasteiger charge is 2.19. The maximum atomic E-state index is 11.8. The van der Waals surface area contributed by atoms with Crippen LogP contribution in [0.25, 0.3) is 10.9 Å². The number of carboxylic acid groups (broad SMARTS) is 1. The molecule has 5 heteroatoms. The molecule has 0 amide bonds. The van der Waals surface area contributed by atoms with Gasteiger partial charge >= 0.3 is 5.97 Å². The second-order valence-corrected chi connectivity index (χ2v) is 7.26. The second-order valence-electron chi connectivity index (χ2n) is 7.26. The van der Waals surface area contributed by atoms with Gasteiger partial charge in [-0.3, -0.25) is 4.79 Å². The predicted molar refractivity (Wildman–Crippen MR) is 117 cm³/mol. The third kappa shape index (κ3) is 4.88. The van der Waals surface area contributed by atoms with Crippen LogP contribution in [0.2, 0.25) is 0 Å². The number of carboxylic acids is 1. The molecule has 0 aliphatic heterocycles. The van der Waals surface area contributed by atoms with E-state index in [1.165, 1.54) is 0 Å². The van der Waals surface area contributed by atoms with Crippen molar-refractivity contribution >= 4 is 16.9 Å². The molecule has 152 valence electrons. The van der Waals surface area contributed by atoms with Crippen molar-refractivity contribution in [3.8, 4) is 5.75 Å². The SMILES string of the molecule is O=C(O)[C@H](Cc1c[nH]c2ccccc12)NCc1cccc(OCc2ccccc2)c1. The van der Waals surface area contributed by atoms with Crippen LogP contribution in [0, 0.1) is 0 Å². The minimum atomic E-state index is -0.864. The molecule has 0 radical (unpaired) electrons. The third-order valence-corrected chi connectivity index (χ3v) is 5.10. The lowest BCUT2D eigenvalue weighted by molar-refractivity contribution is -0.139. The number of ether oxygens (including phenoxy) is 1. The lowest BCUT2D eigenvalue weighted by atomic mass is 10.0. The van der Waals surface area contributed by atoms with Gasteiger partial charge in [-0.2, -0.15) is 0 Å². The number of hydrogen-bond donors (Lipinski definition) is 3. The molecule has 0 spiro atoms. The summed E-state index contributed by atoms with van der Waals surface area (Å²) in [5, 5.41) is 13.9. The number of para-hydroxylation sites is 1. The number of fused-ring (bicyclic) bond motifs is 1. The third-order valence-electron chi connectivity index (χ3n) is 5.10. The van der Waals surface area contributed by atoms with Gasteiger partial charge in [0.15, 0.2) is 0 Å². The summed E-state index contributed by atoms with van der Waals surface area (Å²) in [6, 6.07) is 25.0. The summed E-state index contributed by atoms with van der Waals surface area (Å²) >= 11 is 0. The topological polar surface area (TPSA) is 74.3 Å². The van der Waals surface area contributed by atoms with Gasteiger partial charge in [-0.05, 0) is 34.9 Å². The van der Waals surface area contributed by atoms with Crippen molar-refractivity contribution in [2.45, 2.75) is 25.6 Å². The van der Waals surface area contributed by atoms with Gasteiger partial charge in [-0.25, -0.2) is 0 Å². The number of H-pyrrole nitrogens is 1. The van der Waals surface area contributed by atoms with E-state index in [1.54, 1.807) is 0 Å². The first-order valence-electron chi connectivity index (χ1n) is 9.96. The van der Waals surface area contributed by atoms with Crippen molar-refractivity contribution in [3.05, 3.63) is 102 Å². The van der Waals surface area contributed by atoms with Gasteiger partial charge in [0.25, 0.3) is 0 Å². The zero-order valence-electron chi connectivity index (χ0n) is 16.5. The van der Waals surface area contributed by atoms with E-state index in [4.69, 9.17) is 4.74 Å². The fourth-order valence-electron chi connectivity index (χ4n) is 3.49. The summed E-state index contributed by atoms with van der Waals surface area (Å²) in [7, 11) is 0. The molecule has 1 heterocycles. The zero-order valence-corrected chi connectivity index (χ0v) is 16.5. The Labute approximate surface area is 175 Å². The molecule has 0 saturated heterocycles. The van der Waals surface area contributed by atoms with Crippen molar-refractivity contribution in [2.24, 2.45) is 0 Å². The highest BCUT2D eigenvalue weighted by atomic mass is 16.5. The first kappa shape index (κ1) is 19.7. The minimum absolute atomic E-state index is 0.406. The molecule has 0 aliphatic rings. The largest absolute Gasteiger partial charge is 0.489 e. The van der Waals surface area contributed by atoms with Crippen LogP contribution < -0.4 is 10.1 Å². The summed E-state index contributed by atoms with van der Waals surface area (Å²) in [4.78, 5) is 15.0. The number of carbonyl (C=O) groups is 1. The fraction of sp³-hybridized carbons (Fsp3) is 0.160. The van der Waals surface area contributed by atoms with Crippen LogP contribution in [0.4, 0.5) is 0 Å². The van der Waals surface area contributed by atoms with Gasteiger partial charge in [0, 0.05) is 30.1 Å². The number of rotatable bonds is 9. The summed E-state index contributed by atoms with van der Waals surface area (Å²) in [6.45, 7) is 0.942. The summed E-state index contributed by atoms with van der Waals surface area (Å²) in [5.74, 6) is -0.0987. The quantitative estimate of drug-likeness (QED) is 0.386. The number of aliphatic carboxylic acids is 1. The van der Waals surface area contributed by atoms with Gasteiger partial charge in [0.05, 0.1) is 0 Å². The minimum Gasteiger partial charge on any atom is -0.489 e. The molecular weight excluding hydrogens is 376 g/mol. The van der Waals surface area contributed by atoms with Crippen molar-refractivity contribution in [2.75, 3.05) is 0 Å². The molecule has 3 N–H and O–H groups in total. The smallest absolute Gasteiger partial charge is 0.321 e. The number of nitrogens with one attached hydrogen (secondary N) is 2. The molecule has 4 rings (SSSR count). The monoisotopic (exact) mass is 400 g/mol. The standard InChI is InChI=1S/C25H24N2O3/c28-25(29)24(14-20-16-27-23-12-5-4-11-22(20)23)26-15-19-9-6-10-21(13-19)30-17-18-7-2-1-3-8-18/h1-13,16,24,26-27H,14-15,17H2,(H,28,29)/t24-/m0/s1. The average Bonchev–Trinajstić information content (AvgIpc) is 3.19. The molecule has 0 saturated carbocycles. The van der Waals surface area contributed by atoms with E-state index in [0.29, 0.717) is 19.6 Å². The Balaban J connectivity index is 1.38. The first-order chi connectivity index (χ1) is 14.7. The Morgan fingerprint density at radius 1 is 0.967 bits per heavy atom. The van der Waals surface area contributed by atoms with Gasteiger partial charge in [0.1, 0.15) is 18.4 Å². The van der Waals surface area contributed by atoms with Crippen LogP contribution >= 0.6 is 0 Å². The lowest BCUT2D eigenvalue weighted by Gasteiger charge is -2.15. The van der Waals surface area contributed by atoms with Crippen LogP contribution in [0.15, 0.2) is 85.1 Å². The molecule has 5 nitrogen and oxygen atoms in total. The number of aromatic nitrogens is 1.